The third-order valence-electron chi connectivity index (χ3n) is 1.93. The van der Waals surface area contributed by atoms with Gasteiger partial charge in [0.25, 0.3) is 5.56 Å². The van der Waals surface area contributed by atoms with E-state index in [-0.39, 0.29) is 12.1 Å². The molecule has 0 aromatic carbocycles. The lowest BCUT2D eigenvalue weighted by Gasteiger charge is -2.19. The highest BCUT2D eigenvalue weighted by atomic mass is 16.3. The lowest BCUT2D eigenvalue weighted by Crippen LogP contribution is -2.32. The number of hydrogen-bond acceptors (Lipinski definition) is 3. The molecule has 1 aromatic heterocycles. The quantitative estimate of drug-likeness (QED) is 0.724. The first-order chi connectivity index (χ1) is 6.29. The fourth-order valence-corrected chi connectivity index (χ4v) is 1.23. The van der Waals surface area contributed by atoms with Crippen molar-refractivity contribution in [2.45, 2.75) is 32.9 Å². The summed E-state index contributed by atoms with van der Waals surface area (Å²) in [6.07, 6.45) is 1.57. The van der Waals surface area contributed by atoms with Crippen molar-refractivity contribution < 1.29 is 5.11 Å². The summed E-state index contributed by atoms with van der Waals surface area (Å²) in [6.45, 7) is 5.33. The Balaban J connectivity index is 3.11. The molecule has 0 amide bonds. The summed E-state index contributed by atoms with van der Waals surface area (Å²) in [5.74, 6) is 0. The lowest BCUT2D eigenvalue weighted by atomic mass is 10.1. The van der Waals surface area contributed by atoms with Crippen LogP contribution in [0.25, 0.3) is 0 Å². The molecule has 0 aliphatic carbocycles. The van der Waals surface area contributed by atoms with Crippen molar-refractivity contribution in [3.05, 3.63) is 28.2 Å². The summed E-state index contributed by atoms with van der Waals surface area (Å²) in [5.41, 5.74) is 5.95. The predicted molar refractivity (Wildman–Crippen MR) is 56.1 cm³/mol. The number of nitrogen functional groups attached to an aromatic ring is 1. The Kier molecular flexibility index (Phi) is 2.66. The maximum absolute atomic E-state index is 11.5. The van der Waals surface area contributed by atoms with Crippen LogP contribution in [-0.4, -0.2) is 15.3 Å². The van der Waals surface area contributed by atoms with Gasteiger partial charge in [-0.2, -0.15) is 0 Å². The Hall–Kier alpha value is -1.29. The lowest BCUT2D eigenvalue weighted by molar-refractivity contribution is 0.0605. The SMILES string of the molecule is Cc1cc(=O)n(CC(C)(C)O)cc1N. The van der Waals surface area contributed by atoms with Crippen LogP contribution in [0.3, 0.4) is 0 Å². The van der Waals surface area contributed by atoms with E-state index in [4.69, 9.17) is 5.73 Å². The first-order valence-corrected chi connectivity index (χ1v) is 4.48. The zero-order chi connectivity index (χ0) is 10.9. The van der Waals surface area contributed by atoms with Crippen LogP contribution in [0.15, 0.2) is 17.1 Å². The molecule has 1 heterocycles. The minimum atomic E-state index is -0.911. The maximum atomic E-state index is 11.5. The van der Waals surface area contributed by atoms with E-state index in [1.54, 1.807) is 27.0 Å². The van der Waals surface area contributed by atoms with E-state index in [1.807, 2.05) is 0 Å². The molecule has 0 saturated heterocycles. The van der Waals surface area contributed by atoms with E-state index in [0.29, 0.717) is 5.69 Å². The summed E-state index contributed by atoms with van der Waals surface area (Å²) in [7, 11) is 0. The first kappa shape index (κ1) is 10.8. The largest absolute Gasteiger partial charge is 0.397 e. The van der Waals surface area contributed by atoms with E-state index in [0.717, 1.165) is 5.56 Å². The molecule has 1 rings (SSSR count). The van der Waals surface area contributed by atoms with Crippen LogP contribution in [-0.2, 0) is 6.54 Å². The van der Waals surface area contributed by atoms with Gasteiger partial charge in [-0.1, -0.05) is 0 Å². The summed E-state index contributed by atoms with van der Waals surface area (Å²) in [5, 5.41) is 9.56. The number of hydrogen-bond donors (Lipinski definition) is 2. The summed E-state index contributed by atoms with van der Waals surface area (Å²) >= 11 is 0. The van der Waals surface area contributed by atoms with Gasteiger partial charge in [0, 0.05) is 12.3 Å². The van der Waals surface area contributed by atoms with Crippen molar-refractivity contribution in [1.29, 1.82) is 0 Å². The Morgan fingerprint density at radius 3 is 2.64 bits per heavy atom. The second-order valence-electron chi connectivity index (χ2n) is 4.19. The van der Waals surface area contributed by atoms with Crippen LogP contribution >= 0.6 is 0 Å². The molecular weight excluding hydrogens is 180 g/mol. The van der Waals surface area contributed by atoms with Gasteiger partial charge < -0.3 is 15.4 Å². The average molecular weight is 196 g/mol. The van der Waals surface area contributed by atoms with Crippen molar-refractivity contribution in [1.82, 2.24) is 4.57 Å². The fraction of sp³-hybridized carbons (Fsp3) is 0.500. The molecule has 0 bridgehead atoms. The molecule has 3 N–H and O–H groups in total. The average Bonchev–Trinajstić information content (AvgIpc) is 1.97. The Labute approximate surface area is 83.0 Å². The van der Waals surface area contributed by atoms with Crippen molar-refractivity contribution in [2.24, 2.45) is 0 Å². The molecule has 1 aromatic rings. The Bertz CT molecular complexity index is 388. The monoisotopic (exact) mass is 196 g/mol. The summed E-state index contributed by atoms with van der Waals surface area (Å²) < 4.78 is 1.42. The molecule has 0 saturated carbocycles. The van der Waals surface area contributed by atoms with Gasteiger partial charge in [-0.15, -0.1) is 0 Å². The summed E-state index contributed by atoms with van der Waals surface area (Å²) in [4.78, 5) is 11.5. The number of anilines is 1. The van der Waals surface area contributed by atoms with Crippen LogP contribution in [0, 0.1) is 6.92 Å². The van der Waals surface area contributed by atoms with E-state index in [1.165, 1.54) is 10.6 Å². The highest BCUT2D eigenvalue weighted by Gasteiger charge is 2.14. The van der Waals surface area contributed by atoms with Crippen molar-refractivity contribution in [3.63, 3.8) is 0 Å². The molecule has 4 nitrogen and oxygen atoms in total. The van der Waals surface area contributed by atoms with Gasteiger partial charge in [0.15, 0.2) is 0 Å². The van der Waals surface area contributed by atoms with Crippen molar-refractivity contribution in [3.8, 4) is 0 Å². The first-order valence-electron chi connectivity index (χ1n) is 4.48. The normalized spacial score (nSPS) is 11.7. The molecule has 0 aliphatic rings. The second kappa shape index (κ2) is 3.46. The number of nitrogens with zero attached hydrogens (tertiary/aromatic N) is 1. The molecule has 4 heteroatoms. The number of rotatable bonds is 2. The van der Waals surface area contributed by atoms with Gasteiger partial charge in [0.2, 0.25) is 0 Å². The van der Waals surface area contributed by atoms with Gasteiger partial charge in [0.1, 0.15) is 0 Å². The number of pyridine rings is 1. The molecule has 0 radical (unpaired) electrons. The van der Waals surface area contributed by atoms with Crippen molar-refractivity contribution in [2.75, 3.05) is 5.73 Å². The molecular formula is C10H16N2O2. The van der Waals surface area contributed by atoms with E-state index in [2.05, 4.69) is 0 Å². The molecule has 0 spiro atoms. The van der Waals surface area contributed by atoms with Crippen LogP contribution in [0.5, 0.6) is 0 Å². The third-order valence-corrected chi connectivity index (χ3v) is 1.93. The van der Waals surface area contributed by atoms with Gasteiger partial charge in [-0.05, 0) is 26.3 Å². The maximum Gasteiger partial charge on any atom is 0.251 e. The molecule has 0 unspecified atom stereocenters. The van der Waals surface area contributed by atoms with E-state index >= 15 is 0 Å². The smallest absolute Gasteiger partial charge is 0.251 e. The van der Waals surface area contributed by atoms with E-state index in [9.17, 15) is 9.90 Å². The number of aliphatic hydroxyl groups is 1. The zero-order valence-electron chi connectivity index (χ0n) is 8.74. The minimum Gasteiger partial charge on any atom is -0.397 e. The van der Waals surface area contributed by atoms with E-state index < -0.39 is 5.60 Å². The van der Waals surface area contributed by atoms with Gasteiger partial charge in [-0.3, -0.25) is 4.79 Å². The van der Waals surface area contributed by atoms with Gasteiger partial charge in [0.05, 0.1) is 17.8 Å². The van der Waals surface area contributed by atoms with Gasteiger partial charge >= 0.3 is 0 Å². The van der Waals surface area contributed by atoms with Crippen LogP contribution < -0.4 is 11.3 Å². The highest BCUT2D eigenvalue weighted by molar-refractivity contribution is 5.42. The van der Waals surface area contributed by atoms with Crippen LogP contribution in [0.2, 0.25) is 0 Å². The fourth-order valence-electron chi connectivity index (χ4n) is 1.23. The van der Waals surface area contributed by atoms with Crippen molar-refractivity contribution >= 4 is 5.69 Å². The third kappa shape index (κ3) is 2.60. The zero-order valence-corrected chi connectivity index (χ0v) is 8.74. The molecule has 0 atom stereocenters. The summed E-state index contributed by atoms with van der Waals surface area (Å²) in [6, 6.07) is 1.47. The second-order valence-corrected chi connectivity index (χ2v) is 4.19. The molecule has 14 heavy (non-hydrogen) atoms. The highest BCUT2D eigenvalue weighted by Crippen LogP contribution is 2.09. The van der Waals surface area contributed by atoms with Crippen LogP contribution in [0.4, 0.5) is 5.69 Å². The molecule has 0 fully saturated rings. The molecule has 0 aliphatic heterocycles. The predicted octanol–water partition coefficient (Wildman–Crippen LogP) is 0.510. The number of aromatic nitrogens is 1. The molecule has 78 valence electrons. The topological polar surface area (TPSA) is 68.2 Å². The Morgan fingerprint density at radius 1 is 1.57 bits per heavy atom. The minimum absolute atomic E-state index is 0.140. The number of aryl methyl sites for hydroxylation is 1. The standard InChI is InChI=1S/C10H16N2O2/c1-7-4-9(13)12(5-8(7)11)6-10(2,3)14/h4-5,14H,6,11H2,1-3H3. The number of nitrogens with two attached hydrogens (primary N) is 1. The van der Waals surface area contributed by atoms with Gasteiger partial charge in [-0.25, -0.2) is 0 Å². The van der Waals surface area contributed by atoms with Crippen LogP contribution in [0.1, 0.15) is 19.4 Å². The Morgan fingerprint density at radius 2 is 2.14 bits per heavy atom.